The van der Waals surface area contributed by atoms with Gasteiger partial charge in [-0.1, -0.05) is 20.8 Å². The molecule has 2 fully saturated rings. The van der Waals surface area contributed by atoms with Gasteiger partial charge in [0.15, 0.2) is 5.75 Å². The van der Waals surface area contributed by atoms with E-state index >= 15 is 0 Å². The van der Waals surface area contributed by atoms with Gasteiger partial charge in [-0.3, -0.25) is 4.68 Å². The number of hydrogen-bond donors (Lipinski definition) is 1. The van der Waals surface area contributed by atoms with Gasteiger partial charge >= 0.3 is 6.09 Å². The fourth-order valence-corrected chi connectivity index (χ4v) is 3.67. The predicted molar refractivity (Wildman–Crippen MR) is 106 cm³/mol. The van der Waals surface area contributed by atoms with Crippen LogP contribution in [0.4, 0.5) is 4.79 Å². The second-order valence-corrected chi connectivity index (χ2v) is 8.71. The van der Waals surface area contributed by atoms with Crippen LogP contribution in [0, 0.1) is 0 Å². The Hall–Kier alpha value is -2.61. The maximum absolute atomic E-state index is 11.4. The summed E-state index contributed by atoms with van der Waals surface area (Å²) in [7, 11) is 0. The van der Waals surface area contributed by atoms with Gasteiger partial charge in [0.2, 0.25) is 5.88 Å². The minimum absolute atomic E-state index is 0.0694. The molecule has 8 nitrogen and oxygen atoms in total. The highest BCUT2D eigenvalue weighted by Gasteiger charge is 2.32. The molecule has 2 aromatic heterocycles. The van der Waals surface area contributed by atoms with E-state index in [-0.39, 0.29) is 17.4 Å². The zero-order chi connectivity index (χ0) is 20.6. The molecule has 2 aliphatic rings. The number of hydrogen-bond acceptors (Lipinski definition) is 6. The third-order valence-corrected chi connectivity index (χ3v) is 5.18. The predicted octanol–water partition coefficient (Wildman–Crippen LogP) is 4.40. The Morgan fingerprint density at radius 2 is 2.03 bits per heavy atom. The summed E-state index contributed by atoms with van der Waals surface area (Å²) >= 11 is 0. The number of ether oxygens (including phenoxy) is 3. The van der Waals surface area contributed by atoms with Gasteiger partial charge < -0.3 is 19.9 Å². The van der Waals surface area contributed by atoms with Crippen LogP contribution in [0.2, 0.25) is 0 Å². The lowest BCUT2D eigenvalue weighted by Crippen LogP contribution is -2.22. The topological polar surface area (TPSA) is 101 Å². The second-order valence-electron chi connectivity index (χ2n) is 8.71. The van der Waals surface area contributed by atoms with Gasteiger partial charge in [-0.05, 0) is 43.6 Å². The van der Waals surface area contributed by atoms with E-state index in [0.29, 0.717) is 23.1 Å². The molecule has 1 aliphatic carbocycles. The average Bonchev–Trinajstić information content (AvgIpc) is 3.42. The minimum atomic E-state index is -0.905. The summed E-state index contributed by atoms with van der Waals surface area (Å²) in [6, 6.07) is 2.21. The summed E-state index contributed by atoms with van der Waals surface area (Å²) in [5, 5.41) is 4.80. The molecule has 29 heavy (non-hydrogen) atoms. The summed E-state index contributed by atoms with van der Waals surface area (Å²) in [6.07, 6.45) is 7.89. The van der Waals surface area contributed by atoms with E-state index in [0.717, 1.165) is 44.4 Å². The zero-order valence-corrected chi connectivity index (χ0v) is 17.2. The van der Waals surface area contributed by atoms with Gasteiger partial charge in [0.05, 0.1) is 17.8 Å². The van der Waals surface area contributed by atoms with Crippen molar-refractivity contribution < 1.29 is 19.0 Å². The molecule has 0 spiro atoms. The average molecular weight is 400 g/mol. The van der Waals surface area contributed by atoms with E-state index in [9.17, 15) is 4.79 Å². The smallest absolute Gasteiger partial charge is 0.411 e. The van der Waals surface area contributed by atoms with Crippen molar-refractivity contribution in [1.29, 1.82) is 0 Å². The molecule has 0 radical (unpaired) electrons. The molecular weight excluding hydrogens is 372 g/mol. The van der Waals surface area contributed by atoms with Crippen molar-refractivity contribution in [3.8, 4) is 17.4 Å². The number of nitrogens with zero attached hydrogens (tertiary/aromatic N) is 3. The molecule has 156 valence electrons. The zero-order valence-electron chi connectivity index (χ0n) is 17.2. The number of rotatable bonds is 5. The van der Waals surface area contributed by atoms with Crippen LogP contribution >= 0.6 is 0 Å². The van der Waals surface area contributed by atoms with E-state index in [2.05, 4.69) is 4.98 Å². The molecule has 2 N–H and O–H groups in total. The van der Waals surface area contributed by atoms with Crippen LogP contribution in [0.15, 0.2) is 18.5 Å². The fraction of sp³-hybridized carbons (Fsp3) is 0.571. The van der Waals surface area contributed by atoms with Crippen molar-refractivity contribution in [2.45, 2.75) is 70.4 Å². The van der Waals surface area contributed by atoms with Crippen LogP contribution in [0.3, 0.4) is 0 Å². The molecule has 1 unspecified atom stereocenters. The fourth-order valence-electron chi connectivity index (χ4n) is 3.67. The van der Waals surface area contributed by atoms with Crippen LogP contribution in [0.25, 0.3) is 0 Å². The number of nitrogens with two attached hydrogens (primary N) is 1. The van der Waals surface area contributed by atoms with Crippen molar-refractivity contribution >= 4 is 6.09 Å². The first-order chi connectivity index (χ1) is 13.8. The number of aromatic nitrogens is 3. The Labute approximate surface area is 170 Å². The van der Waals surface area contributed by atoms with Crippen molar-refractivity contribution in [3.05, 3.63) is 29.7 Å². The molecular formula is C21H28N4O4. The first-order valence-electron chi connectivity index (χ1n) is 10.2. The molecule has 4 rings (SSSR count). The van der Waals surface area contributed by atoms with E-state index in [1.807, 2.05) is 31.6 Å². The SMILES string of the molecule is CC(C)(C)c1c(Oc2cn(C3CC3)nc2C2CCCCO2)ccnc1OC(N)=O. The first kappa shape index (κ1) is 19.7. The van der Waals surface area contributed by atoms with Crippen molar-refractivity contribution in [2.75, 3.05) is 6.61 Å². The maximum atomic E-state index is 11.4. The summed E-state index contributed by atoms with van der Waals surface area (Å²) in [4.78, 5) is 15.5. The van der Waals surface area contributed by atoms with Gasteiger partial charge in [-0.15, -0.1) is 0 Å². The quantitative estimate of drug-likeness (QED) is 0.798. The Balaban J connectivity index is 1.72. The van der Waals surface area contributed by atoms with Crippen LogP contribution in [-0.4, -0.2) is 27.5 Å². The van der Waals surface area contributed by atoms with Gasteiger partial charge in [0, 0.05) is 12.8 Å². The summed E-state index contributed by atoms with van der Waals surface area (Å²) in [6.45, 7) is 6.75. The number of primary amides is 1. The molecule has 1 saturated carbocycles. The van der Waals surface area contributed by atoms with Crippen LogP contribution in [0.1, 0.15) is 76.3 Å². The van der Waals surface area contributed by atoms with E-state index in [1.165, 1.54) is 0 Å². The van der Waals surface area contributed by atoms with E-state index in [4.69, 9.17) is 25.0 Å². The highest BCUT2D eigenvalue weighted by atomic mass is 16.6. The third-order valence-electron chi connectivity index (χ3n) is 5.18. The van der Waals surface area contributed by atoms with Crippen LogP contribution in [0.5, 0.6) is 17.4 Å². The Morgan fingerprint density at radius 3 is 2.66 bits per heavy atom. The highest BCUT2D eigenvalue weighted by Crippen LogP contribution is 2.43. The van der Waals surface area contributed by atoms with Crippen molar-refractivity contribution in [2.24, 2.45) is 5.73 Å². The minimum Gasteiger partial charge on any atom is -0.453 e. The molecule has 2 aromatic rings. The highest BCUT2D eigenvalue weighted by molar-refractivity contribution is 5.68. The summed E-state index contributed by atoms with van der Waals surface area (Å²) in [5.74, 6) is 1.40. The maximum Gasteiger partial charge on any atom is 0.411 e. The monoisotopic (exact) mass is 400 g/mol. The number of pyridine rings is 1. The second kappa shape index (κ2) is 7.67. The number of carbonyl (C=O) groups is 1. The number of carbonyl (C=O) groups excluding carboxylic acids is 1. The molecule has 1 amide bonds. The van der Waals surface area contributed by atoms with Gasteiger partial charge in [0.1, 0.15) is 17.5 Å². The largest absolute Gasteiger partial charge is 0.453 e. The molecule has 8 heteroatoms. The van der Waals surface area contributed by atoms with E-state index < -0.39 is 6.09 Å². The lowest BCUT2D eigenvalue weighted by atomic mass is 9.87. The lowest BCUT2D eigenvalue weighted by molar-refractivity contribution is 0.0108. The number of amides is 1. The molecule has 0 bridgehead atoms. The Kier molecular flexibility index (Phi) is 5.21. The standard InChI is InChI=1S/C21H28N4O4/c1-21(2,3)17-14(9-10-23-19(17)29-20(22)26)28-16-12-25(13-7-8-13)24-18(16)15-6-4-5-11-27-15/h9-10,12-13,15H,4-8,11H2,1-3H3,(H2,22,26). The van der Waals surface area contributed by atoms with Crippen molar-refractivity contribution in [3.63, 3.8) is 0 Å². The Morgan fingerprint density at radius 1 is 1.24 bits per heavy atom. The van der Waals surface area contributed by atoms with Gasteiger partial charge in [-0.2, -0.15) is 5.10 Å². The molecule has 1 atom stereocenters. The van der Waals surface area contributed by atoms with E-state index in [1.54, 1.807) is 12.3 Å². The summed E-state index contributed by atoms with van der Waals surface area (Å²) < 4.78 is 19.5. The van der Waals surface area contributed by atoms with Crippen molar-refractivity contribution in [1.82, 2.24) is 14.8 Å². The first-order valence-corrected chi connectivity index (χ1v) is 10.2. The van der Waals surface area contributed by atoms with Crippen LogP contribution in [-0.2, 0) is 10.2 Å². The summed E-state index contributed by atoms with van der Waals surface area (Å²) in [5.41, 5.74) is 6.35. The lowest BCUT2D eigenvalue weighted by Gasteiger charge is -2.25. The van der Waals surface area contributed by atoms with Gasteiger partial charge in [-0.25, -0.2) is 9.78 Å². The van der Waals surface area contributed by atoms with Gasteiger partial charge in [0.25, 0.3) is 0 Å². The Bertz CT molecular complexity index is 893. The normalized spacial score (nSPS) is 19.8. The van der Waals surface area contributed by atoms with Crippen LogP contribution < -0.4 is 15.2 Å². The molecule has 1 aliphatic heterocycles. The molecule has 3 heterocycles. The molecule has 1 saturated heterocycles. The third kappa shape index (κ3) is 4.37. The molecule has 0 aromatic carbocycles.